The number of fused-ring (bicyclic) bond motifs is 3. The Morgan fingerprint density at radius 2 is 1.84 bits per heavy atom. The van der Waals surface area contributed by atoms with E-state index in [1.165, 1.54) is 26.0 Å². The number of aromatic hydroxyl groups is 1. The highest BCUT2D eigenvalue weighted by Gasteiger charge is 2.60. The fourth-order valence-corrected chi connectivity index (χ4v) is 6.63. The Bertz CT molecular complexity index is 1310. The summed E-state index contributed by atoms with van der Waals surface area (Å²) in [4.78, 5) is 52.1. The average Bonchev–Trinajstić information content (AvgIpc) is 2.77. The van der Waals surface area contributed by atoms with Crippen molar-refractivity contribution in [2.75, 3.05) is 20.6 Å². The number of phenols is 1. The van der Waals surface area contributed by atoms with E-state index in [-0.39, 0.29) is 59.9 Å². The molecule has 38 heavy (non-hydrogen) atoms. The lowest BCUT2D eigenvalue weighted by molar-refractivity contribution is -0.139. The van der Waals surface area contributed by atoms with E-state index in [0.29, 0.717) is 5.56 Å². The Morgan fingerprint density at radius 3 is 2.42 bits per heavy atom. The number of allylic oxidation sites excluding steroid dienone is 1. The van der Waals surface area contributed by atoms with Crippen LogP contribution in [0.4, 0.5) is 0 Å². The van der Waals surface area contributed by atoms with Gasteiger partial charge in [0.05, 0.1) is 23.1 Å². The first kappa shape index (κ1) is 27.3. The molecule has 0 aliphatic heterocycles. The van der Waals surface area contributed by atoms with Crippen molar-refractivity contribution >= 4 is 29.1 Å². The van der Waals surface area contributed by atoms with Crippen molar-refractivity contribution in [3.05, 3.63) is 45.7 Å². The molecule has 2 amide bonds. The molecular formula is C27H33N3O8. The number of aliphatic hydroxyl groups is 3. The Hall–Kier alpha value is -3.70. The van der Waals surface area contributed by atoms with Crippen molar-refractivity contribution in [2.45, 2.75) is 44.8 Å². The molecule has 11 nitrogen and oxygen atoms in total. The summed E-state index contributed by atoms with van der Waals surface area (Å²) in [6.07, 6.45) is 0.386. The first-order valence-electron chi connectivity index (χ1n) is 12.4. The predicted molar refractivity (Wildman–Crippen MR) is 136 cm³/mol. The number of Topliss-reactive ketones (excluding diaryl/α,β-unsaturated/α-hetero) is 2. The zero-order chi connectivity index (χ0) is 28.3. The van der Waals surface area contributed by atoms with Crippen LogP contribution in [0.5, 0.6) is 5.75 Å². The third-order valence-corrected chi connectivity index (χ3v) is 8.06. The minimum Gasteiger partial charge on any atom is -0.510 e. The number of carbonyl (C=O) groups excluding carboxylic acids is 4. The quantitative estimate of drug-likeness (QED) is 0.290. The molecule has 3 aliphatic rings. The third-order valence-electron chi connectivity index (χ3n) is 8.06. The van der Waals surface area contributed by atoms with Crippen molar-refractivity contribution in [1.82, 2.24) is 10.2 Å². The van der Waals surface area contributed by atoms with Crippen LogP contribution in [0.2, 0.25) is 0 Å². The molecule has 11 heteroatoms. The normalized spacial score (nSPS) is 28.5. The Kier molecular flexibility index (Phi) is 6.87. The van der Waals surface area contributed by atoms with Gasteiger partial charge in [-0.2, -0.15) is 0 Å². The molecule has 0 heterocycles. The van der Waals surface area contributed by atoms with E-state index < -0.39 is 58.2 Å². The van der Waals surface area contributed by atoms with Crippen molar-refractivity contribution < 1.29 is 39.6 Å². The maximum absolute atomic E-state index is 14.0. The minimum atomic E-state index is -2.10. The van der Waals surface area contributed by atoms with Crippen LogP contribution in [0.3, 0.4) is 0 Å². The summed E-state index contributed by atoms with van der Waals surface area (Å²) in [5.41, 5.74) is 3.58. The van der Waals surface area contributed by atoms with E-state index in [2.05, 4.69) is 5.32 Å². The lowest BCUT2D eigenvalue weighted by Gasteiger charge is -2.52. The summed E-state index contributed by atoms with van der Waals surface area (Å²) >= 11 is 0. The zero-order valence-electron chi connectivity index (χ0n) is 21.7. The summed E-state index contributed by atoms with van der Waals surface area (Å²) < 4.78 is 0. The molecule has 7 N–H and O–H groups in total. The lowest BCUT2D eigenvalue weighted by Crippen LogP contribution is -2.61. The number of nitrogens with two attached hydrogens (primary N) is 1. The largest absolute Gasteiger partial charge is 0.510 e. The molecule has 4 rings (SSSR count). The second kappa shape index (κ2) is 9.55. The van der Waals surface area contributed by atoms with Crippen LogP contribution in [-0.4, -0.2) is 81.0 Å². The molecule has 1 aromatic rings. The average molecular weight is 528 g/mol. The first-order valence-corrected chi connectivity index (χ1v) is 12.4. The molecule has 0 bridgehead atoms. The Balaban J connectivity index is 1.84. The van der Waals surface area contributed by atoms with Crippen molar-refractivity contribution in [3.63, 3.8) is 0 Å². The van der Waals surface area contributed by atoms with Gasteiger partial charge in [-0.25, -0.2) is 0 Å². The summed E-state index contributed by atoms with van der Waals surface area (Å²) in [5, 5.41) is 46.9. The SMILES string of the molecule is CC(=O)NCCC(=O)c1ccc(O)c2c1CC1CC3C(C(=O)C1=C2O)C(C)(O)C(C(N)=O)=C(O)[C@H]3N(C)C. The number of amides is 2. The van der Waals surface area contributed by atoms with Crippen molar-refractivity contribution in [2.24, 2.45) is 23.5 Å². The van der Waals surface area contributed by atoms with Crippen LogP contribution >= 0.6 is 0 Å². The third kappa shape index (κ3) is 4.15. The van der Waals surface area contributed by atoms with Gasteiger partial charge >= 0.3 is 0 Å². The van der Waals surface area contributed by atoms with E-state index in [0.717, 1.165) is 0 Å². The molecule has 0 radical (unpaired) electrons. The number of benzene rings is 1. The number of carbonyl (C=O) groups is 4. The van der Waals surface area contributed by atoms with Crippen LogP contribution in [0.15, 0.2) is 29.0 Å². The van der Waals surface area contributed by atoms with Gasteiger partial charge in [0.2, 0.25) is 5.91 Å². The second-order valence-electron chi connectivity index (χ2n) is 10.7. The molecule has 204 valence electrons. The molecule has 1 saturated carbocycles. The highest BCUT2D eigenvalue weighted by atomic mass is 16.3. The van der Waals surface area contributed by atoms with Crippen LogP contribution in [0.25, 0.3) is 5.76 Å². The zero-order valence-corrected chi connectivity index (χ0v) is 21.7. The van der Waals surface area contributed by atoms with Gasteiger partial charge in [-0.1, -0.05) is 0 Å². The van der Waals surface area contributed by atoms with Crippen LogP contribution in [-0.2, 0) is 20.8 Å². The number of rotatable bonds is 6. The molecule has 0 saturated heterocycles. The Morgan fingerprint density at radius 1 is 1.18 bits per heavy atom. The molecule has 0 aromatic heterocycles. The van der Waals surface area contributed by atoms with Gasteiger partial charge in [0.15, 0.2) is 11.6 Å². The lowest BCUT2D eigenvalue weighted by atomic mass is 9.55. The summed E-state index contributed by atoms with van der Waals surface area (Å²) in [6.45, 7) is 2.71. The van der Waals surface area contributed by atoms with Crippen molar-refractivity contribution in [1.29, 1.82) is 0 Å². The van der Waals surface area contributed by atoms with E-state index >= 15 is 0 Å². The number of likely N-dealkylation sites (N-methyl/N-ethyl adjacent to an activating group) is 1. The smallest absolute Gasteiger partial charge is 0.251 e. The number of hydrogen-bond acceptors (Lipinski definition) is 9. The van der Waals surface area contributed by atoms with Crippen molar-refractivity contribution in [3.8, 4) is 5.75 Å². The monoisotopic (exact) mass is 527 g/mol. The predicted octanol–water partition coefficient (Wildman–Crippen LogP) is 0.740. The van der Waals surface area contributed by atoms with Gasteiger partial charge < -0.3 is 31.5 Å². The maximum Gasteiger partial charge on any atom is 0.251 e. The van der Waals surface area contributed by atoms with Gasteiger partial charge in [0.25, 0.3) is 5.91 Å². The standard InChI is InChI=1S/C27H33N3O8/c1-11(31)29-8-7-16(32)13-5-6-17(33)19-14(13)9-12-10-15-20(24(35)18(12)23(19)34)27(2,38)21(26(28)37)25(36)22(15)30(3)4/h5-6,12,15,20,22,33-34,36,38H,7-10H2,1-4H3,(H2,28,37)(H,29,31)/t12?,15?,20?,22-,27?/m0/s1. The van der Waals surface area contributed by atoms with Crippen LogP contribution in [0, 0.1) is 17.8 Å². The van der Waals surface area contributed by atoms with Gasteiger partial charge in [-0.3, -0.25) is 24.1 Å². The van der Waals surface area contributed by atoms with E-state index in [1.54, 1.807) is 19.0 Å². The molecule has 0 spiro atoms. The van der Waals surface area contributed by atoms with Gasteiger partial charge in [0.1, 0.15) is 22.9 Å². The highest BCUT2D eigenvalue weighted by molar-refractivity contribution is 6.09. The van der Waals surface area contributed by atoms with E-state index in [4.69, 9.17) is 5.73 Å². The number of nitrogens with one attached hydrogen (secondary N) is 1. The van der Waals surface area contributed by atoms with E-state index in [9.17, 15) is 39.6 Å². The number of ketones is 2. The molecule has 1 aromatic carbocycles. The molecule has 5 atom stereocenters. The van der Waals surface area contributed by atoms with Gasteiger partial charge in [0, 0.05) is 31.0 Å². The fourth-order valence-electron chi connectivity index (χ4n) is 6.63. The summed E-state index contributed by atoms with van der Waals surface area (Å²) in [5.74, 6) is -5.87. The number of phenolic OH excluding ortho intramolecular Hbond substituents is 1. The number of nitrogens with zero attached hydrogens (tertiary/aromatic N) is 1. The van der Waals surface area contributed by atoms with Gasteiger partial charge in [-0.15, -0.1) is 0 Å². The first-order chi connectivity index (χ1) is 17.7. The summed E-state index contributed by atoms with van der Waals surface area (Å²) in [7, 11) is 3.34. The minimum absolute atomic E-state index is 0.000105. The topological polar surface area (TPSA) is 190 Å². The fraction of sp³-hybridized carbons (Fsp3) is 0.481. The molecule has 4 unspecified atom stereocenters. The van der Waals surface area contributed by atoms with Crippen LogP contribution < -0.4 is 11.1 Å². The maximum atomic E-state index is 14.0. The number of hydrogen-bond donors (Lipinski definition) is 6. The number of primary amides is 1. The van der Waals surface area contributed by atoms with Crippen LogP contribution in [0.1, 0.15) is 48.2 Å². The Labute approximate surface area is 219 Å². The van der Waals surface area contributed by atoms with E-state index in [1.807, 2.05) is 0 Å². The second-order valence-corrected chi connectivity index (χ2v) is 10.7. The highest BCUT2D eigenvalue weighted by Crippen LogP contribution is 2.54. The van der Waals surface area contributed by atoms with Gasteiger partial charge in [-0.05, 0) is 63.4 Å². The summed E-state index contributed by atoms with van der Waals surface area (Å²) in [6, 6.07) is 1.92. The number of aliphatic hydroxyl groups excluding tert-OH is 2. The molecule has 1 fully saturated rings. The molecule has 3 aliphatic carbocycles. The molecular weight excluding hydrogens is 494 g/mol.